The zero-order valence-corrected chi connectivity index (χ0v) is 17.1. The summed E-state index contributed by atoms with van der Waals surface area (Å²) in [6.45, 7) is 6.87. The van der Waals surface area contributed by atoms with Crippen molar-refractivity contribution < 1.29 is 4.79 Å². The molecule has 5 heteroatoms. The number of benzene rings is 2. The number of H-pyrrole nitrogens is 1. The van der Waals surface area contributed by atoms with Crippen LogP contribution in [0.4, 0.5) is 0 Å². The standard InChI is InChI=1S/C24H26N4O/c1-16-11-17(2)24-21(12-16)20(18(3)26-24)13-23(29)27-22(14-28-10-9-25-15-28)19-7-5-4-6-8-19/h4-12,15,22,26H,13-14H2,1-3H3,(H,27,29)/t22-/m1/s1. The van der Waals surface area contributed by atoms with E-state index in [0.29, 0.717) is 13.0 Å². The molecule has 2 aromatic carbocycles. The van der Waals surface area contributed by atoms with Gasteiger partial charge in [0.15, 0.2) is 0 Å². The van der Waals surface area contributed by atoms with Crippen LogP contribution in [0.3, 0.4) is 0 Å². The Morgan fingerprint density at radius 1 is 1.17 bits per heavy atom. The SMILES string of the molecule is Cc1cc(C)c2[nH]c(C)c(CC(=O)N[C@H](Cn3ccnc3)c3ccccc3)c2c1. The molecule has 0 unspecified atom stereocenters. The molecule has 1 atom stereocenters. The van der Waals surface area contributed by atoms with Gasteiger partial charge in [-0.2, -0.15) is 0 Å². The third kappa shape index (κ3) is 4.09. The van der Waals surface area contributed by atoms with Crippen LogP contribution in [0, 0.1) is 20.8 Å². The van der Waals surface area contributed by atoms with Gasteiger partial charge in [0.25, 0.3) is 0 Å². The number of rotatable bonds is 6. The van der Waals surface area contributed by atoms with E-state index in [1.807, 2.05) is 48.0 Å². The number of nitrogens with one attached hydrogen (secondary N) is 2. The van der Waals surface area contributed by atoms with Gasteiger partial charge in [0, 0.05) is 35.5 Å². The molecule has 0 saturated heterocycles. The van der Waals surface area contributed by atoms with Crippen molar-refractivity contribution in [3.8, 4) is 0 Å². The van der Waals surface area contributed by atoms with Crippen LogP contribution in [-0.4, -0.2) is 20.4 Å². The van der Waals surface area contributed by atoms with Gasteiger partial charge in [-0.1, -0.05) is 42.0 Å². The molecule has 0 saturated carbocycles. The van der Waals surface area contributed by atoms with Crippen molar-refractivity contribution in [3.05, 3.63) is 89.1 Å². The van der Waals surface area contributed by atoms with Crippen molar-refractivity contribution in [2.24, 2.45) is 0 Å². The van der Waals surface area contributed by atoms with Gasteiger partial charge in [-0.05, 0) is 43.5 Å². The Morgan fingerprint density at radius 3 is 2.69 bits per heavy atom. The second-order valence-electron chi connectivity index (χ2n) is 7.70. The van der Waals surface area contributed by atoms with E-state index in [-0.39, 0.29) is 11.9 Å². The van der Waals surface area contributed by atoms with Crippen LogP contribution in [0.5, 0.6) is 0 Å². The molecule has 0 aliphatic heterocycles. The van der Waals surface area contributed by atoms with E-state index in [1.165, 1.54) is 11.1 Å². The average Bonchev–Trinajstić information content (AvgIpc) is 3.31. The molecule has 2 N–H and O–H groups in total. The molecule has 0 radical (unpaired) electrons. The predicted molar refractivity (Wildman–Crippen MR) is 116 cm³/mol. The van der Waals surface area contributed by atoms with Crippen LogP contribution in [0.25, 0.3) is 10.9 Å². The molecule has 4 rings (SSSR count). The first-order valence-corrected chi connectivity index (χ1v) is 9.89. The highest BCUT2D eigenvalue weighted by atomic mass is 16.1. The topological polar surface area (TPSA) is 62.7 Å². The first kappa shape index (κ1) is 19.0. The van der Waals surface area contributed by atoms with E-state index in [1.54, 1.807) is 12.5 Å². The number of nitrogens with zero attached hydrogens (tertiary/aromatic N) is 2. The second-order valence-corrected chi connectivity index (χ2v) is 7.70. The molecular weight excluding hydrogens is 360 g/mol. The molecule has 0 spiro atoms. The maximum Gasteiger partial charge on any atom is 0.225 e. The Hall–Kier alpha value is -3.34. The van der Waals surface area contributed by atoms with Crippen LogP contribution < -0.4 is 5.32 Å². The maximum absolute atomic E-state index is 13.0. The Kier molecular flexibility index (Phi) is 5.21. The van der Waals surface area contributed by atoms with Crippen molar-refractivity contribution in [2.45, 2.75) is 39.8 Å². The second kappa shape index (κ2) is 7.95. The van der Waals surface area contributed by atoms with Crippen molar-refractivity contribution in [1.82, 2.24) is 19.9 Å². The molecule has 2 aromatic heterocycles. The summed E-state index contributed by atoms with van der Waals surface area (Å²) >= 11 is 0. The van der Waals surface area contributed by atoms with Gasteiger partial charge in [-0.25, -0.2) is 4.98 Å². The molecule has 0 fully saturated rings. The highest BCUT2D eigenvalue weighted by Crippen LogP contribution is 2.27. The van der Waals surface area contributed by atoms with Crippen LogP contribution in [-0.2, 0) is 17.8 Å². The molecule has 29 heavy (non-hydrogen) atoms. The fourth-order valence-corrected chi connectivity index (χ4v) is 4.00. The summed E-state index contributed by atoms with van der Waals surface area (Å²) in [5.41, 5.74) is 6.73. The van der Waals surface area contributed by atoms with E-state index in [2.05, 4.69) is 41.3 Å². The molecule has 148 valence electrons. The molecule has 1 amide bonds. The summed E-state index contributed by atoms with van der Waals surface area (Å²) in [6.07, 6.45) is 5.79. The fourth-order valence-electron chi connectivity index (χ4n) is 4.00. The van der Waals surface area contributed by atoms with Crippen molar-refractivity contribution in [3.63, 3.8) is 0 Å². The lowest BCUT2D eigenvalue weighted by Gasteiger charge is -2.20. The molecular formula is C24H26N4O. The lowest BCUT2D eigenvalue weighted by Crippen LogP contribution is -2.32. The first-order valence-electron chi connectivity index (χ1n) is 9.89. The van der Waals surface area contributed by atoms with Gasteiger partial charge in [0.05, 0.1) is 18.8 Å². The number of hydrogen-bond donors (Lipinski definition) is 2. The van der Waals surface area contributed by atoms with Crippen LogP contribution in [0.15, 0.2) is 61.2 Å². The minimum absolute atomic E-state index is 0.0159. The highest BCUT2D eigenvalue weighted by molar-refractivity contribution is 5.92. The van der Waals surface area contributed by atoms with Crippen LogP contribution in [0.2, 0.25) is 0 Å². The molecule has 2 heterocycles. The predicted octanol–water partition coefficient (Wildman–Crippen LogP) is 4.39. The van der Waals surface area contributed by atoms with Crippen LogP contribution in [0.1, 0.15) is 34.0 Å². The monoisotopic (exact) mass is 386 g/mol. The first-order chi connectivity index (χ1) is 14.0. The van der Waals surface area contributed by atoms with Gasteiger partial charge in [-0.3, -0.25) is 4.79 Å². The van der Waals surface area contributed by atoms with E-state index in [4.69, 9.17) is 0 Å². The Labute approximate surface area is 170 Å². The highest BCUT2D eigenvalue weighted by Gasteiger charge is 2.18. The number of aromatic nitrogens is 3. The van der Waals surface area contributed by atoms with E-state index in [0.717, 1.165) is 27.7 Å². The fraction of sp³-hybridized carbons (Fsp3) is 0.250. The number of aromatic amines is 1. The van der Waals surface area contributed by atoms with Gasteiger partial charge in [0.1, 0.15) is 0 Å². The van der Waals surface area contributed by atoms with Crippen molar-refractivity contribution >= 4 is 16.8 Å². The lowest BCUT2D eigenvalue weighted by molar-refractivity contribution is -0.121. The minimum Gasteiger partial charge on any atom is -0.358 e. The van der Waals surface area contributed by atoms with E-state index < -0.39 is 0 Å². The summed E-state index contributed by atoms with van der Waals surface area (Å²) in [6, 6.07) is 14.3. The third-order valence-corrected chi connectivity index (χ3v) is 5.40. The van der Waals surface area contributed by atoms with Crippen molar-refractivity contribution in [1.29, 1.82) is 0 Å². The average molecular weight is 386 g/mol. The zero-order chi connectivity index (χ0) is 20.4. The lowest BCUT2D eigenvalue weighted by atomic mass is 10.0. The molecule has 0 bridgehead atoms. The number of hydrogen-bond acceptors (Lipinski definition) is 2. The van der Waals surface area contributed by atoms with Gasteiger partial charge >= 0.3 is 0 Å². The van der Waals surface area contributed by atoms with Gasteiger partial charge in [0.2, 0.25) is 5.91 Å². The number of carbonyl (C=O) groups is 1. The van der Waals surface area contributed by atoms with Crippen molar-refractivity contribution in [2.75, 3.05) is 0 Å². The number of carbonyl (C=O) groups excluding carboxylic acids is 1. The number of imidazole rings is 1. The Morgan fingerprint density at radius 2 is 1.97 bits per heavy atom. The number of fused-ring (bicyclic) bond motifs is 1. The smallest absolute Gasteiger partial charge is 0.225 e. The molecule has 0 aliphatic carbocycles. The summed E-state index contributed by atoms with van der Waals surface area (Å²) in [5, 5.41) is 4.37. The third-order valence-electron chi connectivity index (χ3n) is 5.40. The van der Waals surface area contributed by atoms with Gasteiger partial charge in [-0.15, -0.1) is 0 Å². The summed E-state index contributed by atoms with van der Waals surface area (Å²) < 4.78 is 1.99. The van der Waals surface area contributed by atoms with E-state index in [9.17, 15) is 4.79 Å². The largest absolute Gasteiger partial charge is 0.358 e. The molecule has 4 aromatic rings. The maximum atomic E-state index is 13.0. The zero-order valence-electron chi connectivity index (χ0n) is 17.1. The van der Waals surface area contributed by atoms with E-state index >= 15 is 0 Å². The molecule has 5 nitrogen and oxygen atoms in total. The number of amides is 1. The number of aryl methyl sites for hydroxylation is 3. The summed E-state index contributed by atoms with van der Waals surface area (Å²) in [7, 11) is 0. The Bertz CT molecular complexity index is 1130. The Balaban J connectivity index is 1.59. The van der Waals surface area contributed by atoms with Crippen LogP contribution >= 0.6 is 0 Å². The molecule has 0 aliphatic rings. The minimum atomic E-state index is -0.119. The van der Waals surface area contributed by atoms with Gasteiger partial charge < -0.3 is 14.9 Å². The summed E-state index contributed by atoms with van der Waals surface area (Å²) in [4.78, 5) is 20.6. The summed E-state index contributed by atoms with van der Waals surface area (Å²) in [5.74, 6) is 0.0159. The quantitative estimate of drug-likeness (QED) is 0.516. The normalized spacial score (nSPS) is 12.2.